The van der Waals surface area contributed by atoms with Gasteiger partial charge in [0.15, 0.2) is 6.10 Å². The predicted octanol–water partition coefficient (Wildman–Crippen LogP) is 2.55. The summed E-state index contributed by atoms with van der Waals surface area (Å²) in [6.07, 6.45) is -1.18. The molecular formula is C17H15N3O2S. The monoisotopic (exact) mass is 325 g/mol. The molecule has 0 spiro atoms. The second-order valence-corrected chi connectivity index (χ2v) is 5.96. The van der Waals surface area contributed by atoms with E-state index in [1.54, 1.807) is 24.3 Å². The van der Waals surface area contributed by atoms with Crippen LogP contribution in [0.1, 0.15) is 16.7 Å². The van der Waals surface area contributed by atoms with Gasteiger partial charge < -0.3 is 10.4 Å². The van der Waals surface area contributed by atoms with E-state index >= 15 is 0 Å². The van der Waals surface area contributed by atoms with Crippen molar-refractivity contribution in [1.29, 1.82) is 0 Å². The van der Waals surface area contributed by atoms with Crippen LogP contribution < -0.4 is 5.32 Å². The van der Waals surface area contributed by atoms with Gasteiger partial charge >= 0.3 is 0 Å². The van der Waals surface area contributed by atoms with Crippen LogP contribution in [-0.2, 0) is 11.3 Å². The molecule has 1 aromatic heterocycles. The van der Waals surface area contributed by atoms with Crippen LogP contribution in [0.3, 0.4) is 0 Å². The van der Waals surface area contributed by atoms with Crippen LogP contribution in [0.5, 0.6) is 0 Å². The molecule has 0 aliphatic carbocycles. The van der Waals surface area contributed by atoms with Gasteiger partial charge in [-0.05, 0) is 5.56 Å². The molecule has 23 heavy (non-hydrogen) atoms. The van der Waals surface area contributed by atoms with Gasteiger partial charge in [0.2, 0.25) is 0 Å². The van der Waals surface area contributed by atoms with E-state index in [2.05, 4.69) is 15.5 Å². The lowest BCUT2D eigenvalue weighted by Crippen LogP contribution is -2.28. The molecule has 0 radical (unpaired) electrons. The molecule has 2 N–H and O–H groups in total. The zero-order valence-electron chi connectivity index (χ0n) is 12.2. The zero-order chi connectivity index (χ0) is 16.1. The standard InChI is InChI=1S/C17H15N3O2S/c21-15(12-7-3-1-4-8-12)16(22)18-11-14-19-20-17(23-14)13-9-5-2-6-10-13/h1-10,15,21H,11H2,(H,18,22). The van der Waals surface area contributed by atoms with Crippen molar-refractivity contribution in [2.24, 2.45) is 0 Å². The molecule has 0 saturated carbocycles. The third-order valence-electron chi connectivity index (χ3n) is 3.27. The Balaban J connectivity index is 1.61. The van der Waals surface area contributed by atoms with Gasteiger partial charge in [-0.25, -0.2) is 0 Å². The number of aliphatic hydroxyl groups excluding tert-OH is 1. The Labute approximate surface area is 137 Å². The van der Waals surface area contributed by atoms with Crippen LogP contribution in [0.25, 0.3) is 10.6 Å². The molecule has 0 bridgehead atoms. The summed E-state index contributed by atoms with van der Waals surface area (Å²) in [6.45, 7) is 0.243. The SMILES string of the molecule is O=C(NCc1nnc(-c2ccccc2)s1)C(O)c1ccccc1. The minimum absolute atomic E-state index is 0.243. The van der Waals surface area contributed by atoms with Crippen molar-refractivity contribution in [2.45, 2.75) is 12.6 Å². The first-order chi connectivity index (χ1) is 11.2. The average Bonchev–Trinajstić information content (AvgIpc) is 3.09. The van der Waals surface area contributed by atoms with Crippen LogP contribution in [0, 0.1) is 0 Å². The fourth-order valence-electron chi connectivity index (χ4n) is 2.07. The van der Waals surface area contributed by atoms with E-state index in [0.717, 1.165) is 10.6 Å². The van der Waals surface area contributed by atoms with E-state index in [1.807, 2.05) is 36.4 Å². The lowest BCUT2D eigenvalue weighted by atomic mass is 10.1. The first-order valence-corrected chi connectivity index (χ1v) is 7.94. The molecule has 1 heterocycles. The van der Waals surface area contributed by atoms with Gasteiger partial charge in [0.05, 0.1) is 6.54 Å². The average molecular weight is 325 g/mol. The number of hydrogen-bond acceptors (Lipinski definition) is 5. The number of nitrogens with one attached hydrogen (secondary N) is 1. The molecule has 3 aromatic rings. The van der Waals surface area contributed by atoms with Gasteiger partial charge in [0, 0.05) is 5.56 Å². The molecule has 0 saturated heterocycles. The Kier molecular flexibility index (Phi) is 4.75. The second-order valence-electron chi connectivity index (χ2n) is 4.90. The molecule has 6 heteroatoms. The second kappa shape index (κ2) is 7.13. The van der Waals surface area contributed by atoms with Crippen molar-refractivity contribution in [2.75, 3.05) is 0 Å². The first kappa shape index (κ1) is 15.3. The molecular weight excluding hydrogens is 310 g/mol. The summed E-state index contributed by atoms with van der Waals surface area (Å²) in [7, 11) is 0. The van der Waals surface area contributed by atoms with Crippen molar-refractivity contribution >= 4 is 17.2 Å². The van der Waals surface area contributed by atoms with E-state index in [9.17, 15) is 9.90 Å². The van der Waals surface area contributed by atoms with Gasteiger partial charge in [0.25, 0.3) is 5.91 Å². The van der Waals surface area contributed by atoms with Gasteiger partial charge in [0.1, 0.15) is 10.0 Å². The third kappa shape index (κ3) is 3.80. The molecule has 1 amide bonds. The van der Waals surface area contributed by atoms with E-state index in [4.69, 9.17) is 0 Å². The largest absolute Gasteiger partial charge is 0.378 e. The summed E-state index contributed by atoms with van der Waals surface area (Å²) in [4.78, 5) is 12.0. The summed E-state index contributed by atoms with van der Waals surface area (Å²) in [6, 6.07) is 18.6. The van der Waals surface area contributed by atoms with Crippen LogP contribution in [0.2, 0.25) is 0 Å². The maximum atomic E-state index is 12.0. The van der Waals surface area contributed by atoms with Crippen LogP contribution in [0.4, 0.5) is 0 Å². The number of carbonyl (C=O) groups excluding carboxylic acids is 1. The van der Waals surface area contributed by atoms with Crippen molar-refractivity contribution in [3.63, 3.8) is 0 Å². The zero-order valence-corrected chi connectivity index (χ0v) is 13.0. The van der Waals surface area contributed by atoms with E-state index < -0.39 is 12.0 Å². The van der Waals surface area contributed by atoms with Gasteiger partial charge in [-0.1, -0.05) is 72.0 Å². The number of carbonyl (C=O) groups is 1. The minimum Gasteiger partial charge on any atom is -0.378 e. The highest BCUT2D eigenvalue weighted by Gasteiger charge is 2.17. The summed E-state index contributed by atoms with van der Waals surface area (Å²) < 4.78 is 0. The smallest absolute Gasteiger partial charge is 0.253 e. The highest BCUT2D eigenvalue weighted by molar-refractivity contribution is 7.14. The van der Waals surface area contributed by atoms with E-state index in [-0.39, 0.29) is 6.54 Å². The summed E-state index contributed by atoms with van der Waals surface area (Å²) in [5, 5.41) is 22.4. The fourth-order valence-corrected chi connectivity index (χ4v) is 2.85. The third-order valence-corrected chi connectivity index (χ3v) is 4.24. The molecule has 3 rings (SSSR count). The number of benzene rings is 2. The molecule has 1 atom stereocenters. The number of nitrogens with zero attached hydrogens (tertiary/aromatic N) is 2. The maximum absolute atomic E-state index is 12.0. The number of aromatic nitrogens is 2. The predicted molar refractivity (Wildman–Crippen MR) is 88.6 cm³/mol. The molecule has 116 valence electrons. The maximum Gasteiger partial charge on any atom is 0.253 e. The number of aliphatic hydroxyl groups is 1. The van der Waals surface area contributed by atoms with Crippen LogP contribution in [0.15, 0.2) is 60.7 Å². The topological polar surface area (TPSA) is 75.1 Å². The van der Waals surface area contributed by atoms with Crippen molar-refractivity contribution < 1.29 is 9.90 Å². The van der Waals surface area contributed by atoms with Crippen LogP contribution in [-0.4, -0.2) is 21.2 Å². The van der Waals surface area contributed by atoms with Crippen molar-refractivity contribution in [3.8, 4) is 10.6 Å². The number of hydrogen-bond donors (Lipinski definition) is 2. The molecule has 1 unspecified atom stereocenters. The molecule has 0 aliphatic rings. The highest BCUT2D eigenvalue weighted by Crippen LogP contribution is 2.23. The minimum atomic E-state index is -1.18. The quantitative estimate of drug-likeness (QED) is 0.756. The lowest BCUT2D eigenvalue weighted by Gasteiger charge is -2.10. The Morgan fingerprint density at radius 2 is 1.70 bits per heavy atom. The first-order valence-electron chi connectivity index (χ1n) is 7.12. The van der Waals surface area contributed by atoms with Crippen LogP contribution >= 0.6 is 11.3 Å². The fraction of sp³-hybridized carbons (Fsp3) is 0.118. The summed E-state index contributed by atoms with van der Waals surface area (Å²) >= 11 is 1.42. The van der Waals surface area contributed by atoms with Crippen molar-refractivity contribution in [3.05, 3.63) is 71.2 Å². The Morgan fingerprint density at radius 3 is 2.39 bits per heavy atom. The van der Waals surface area contributed by atoms with Gasteiger partial charge in [-0.2, -0.15) is 0 Å². The lowest BCUT2D eigenvalue weighted by molar-refractivity contribution is -0.129. The number of rotatable bonds is 5. The van der Waals surface area contributed by atoms with Gasteiger partial charge in [-0.15, -0.1) is 10.2 Å². The molecule has 2 aromatic carbocycles. The normalized spacial score (nSPS) is 11.9. The molecule has 0 aliphatic heterocycles. The van der Waals surface area contributed by atoms with Gasteiger partial charge in [-0.3, -0.25) is 4.79 Å². The van der Waals surface area contributed by atoms with E-state index in [0.29, 0.717) is 10.6 Å². The highest BCUT2D eigenvalue weighted by atomic mass is 32.1. The Morgan fingerprint density at radius 1 is 1.04 bits per heavy atom. The Bertz CT molecular complexity index is 775. The molecule has 0 fully saturated rings. The van der Waals surface area contributed by atoms with Crippen molar-refractivity contribution in [1.82, 2.24) is 15.5 Å². The molecule has 5 nitrogen and oxygen atoms in total. The van der Waals surface area contributed by atoms with E-state index in [1.165, 1.54) is 11.3 Å². The Hall–Kier alpha value is -2.57. The summed E-state index contributed by atoms with van der Waals surface area (Å²) in [5.41, 5.74) is 1.55. The summed E-state index contributed by atoms with van der Waals surface area (Å²) in [5.74, 6) is -0.451. The number of amides is 1.